The molecule has 0 unspecified atom stereocenters. The minimum absolute atomic E-state index is 0.262. The van der Waals surface area contributed by atoms with Crippen LogP contribution in [0.15, 0.2) is 36.5 Å². The van der Waals surface area contributed by atoms with Crippen molar-refractivity contribution in [2.24, 2.45) is 0 Å². The van der Waals surface area contributed by atoms with E-state index in [9.17, 15) is 4.79 Å². The molecule has 0 aliphatic carbocycles. The van der Waals surface area contributed by atoms with E-state index in [1.54, 1.807) is 14.0 Å². The summed E-state index contributed by atoms with van der Waals surface area (Å²) in [5, 5.41) is 14.2. The molecule has 0 spiro atoms. The monoisotopic (exact) mass is 343 g/mol. The van der Waals surface area contributed by atoms with E-state index in [4.69, 9.17) is 9.84 Å². The number of hydrogen-bond donors (Lipinski definition) is 1. The summed E-state index contributed by atoms with van der Waals surface area (Å²) < 4.78 is 6.99. The van der Waals surface area contributed by atoms with Crippen LogP contribution in [0.3, 0.4) is 0 Å². The topological polar surface area (TPSA) is 77.2 Å². The first kappa shape index (κ1) is 16.2. The summed E-state index contributed by atoms with van der Waals surface area (Å²) in [6.07, 6.45) is 2.73. The zero-order chi connectivity index (χ0) is 17.1. The van der Waals surface area contributed by atoms with Crippen molar-refractivity contribution >= 4 is 17.3 Å². The van der Waals surface area contributed by atoms with Gasteiger partial charge in [0.25, 0.3) is 0 Å². The molecular weight excluding hydrogens is 326 g/mol. The highest BCUT2D eigenvalue weighted by atomic mass is 32.1. The molecule has 0 saturated heterocycles. The lowest BCUT2D eigenvalue weighted by Crippen LogP contribution is -2.02. The maximum Gasteiger partial charge on any atom is 0.347 e. The summed E-state index contributed by atoms with van der Waals surface area (Å²) in [6.45, 7) is 2.44. The third kappa shape index (κ3) is 3.46. The van der Waals surface area contributed by atoms with Gasteiger partial charge in [0.2, 0.25) is 0 Å². The lowest BCUT2D eigenvalue weighted by Gasteiger charge is -2.04. The van der Waals surface area contributed by atoms with Crippen LogP contribution in [0.1, 0.15) is 20.9 Å². The zero-order valence-corrected chi connectivity index (χ0v) is 14.2. The second-order valence-corrected chi connectivity index (χ2v) is 6.30. The van der Waals surface area contributed by atoms with Crippen LogP contribution in [0.25, 0.3) is 10.7 Å². The fraction of sp³-hybridized carbons (Fsp3) is 0.235. The molecule has 7 heteroatoms. The molecule has 3 aromatic rings. The Hall–Kier alpha value is -2.67. The molecule has 2 heterocycles. The minimum atomic E-state index is -0.949. The first-order valence-corrected chi connectivity index (χ1v) is 8.26. The van der Waals surface area contributed by atoms with Crippen LogP contribution in [-0.2, 0) is 13.0 Å². The zero-order valence-electron chi connectivity index (χ0n) is 13.4. The largest absolute Gasteiger partial charge is 0.497 e. The van der Waals surface area contributed by atoms with E-state index in [0.717, 1.165) is 30.1 Å². The Morgan fingerprint density at radius 3 is 2.67 bits per heavy atom. The summed E-state index contributed by atoms with van der Waals surface area (Å²) in [4.78, 5) is 15.7. The highest BCUT2D eigenvalue weighted by Crippen LogP contribution is 2.26. The molecule has 0 bridgehead atoms. The van der Waals surface area contributed by atoms with Crippen molar-refractivity contribution in [1.29, 1.82) is 0 Å². The van der Waals surface area contributed by atoms with Gasteiger partial charge in [-0.25, -0.2) is 9.78 Å². The molecule has 0 atom stereocenters. The number of thiazole rings is 1. The maximum absolute atomic E-state index is 11.1. The molecule has 124 valence electrons. The van der Waals surface area contributed by atoms with Crippen LogP contribution in [0.2, 0.25) is 0 Å². The molecule has 0 aliphatic rings. The van der Waals surface area contributed by atoms with E-state index in [1.807, 2.05) is 41.2 Å². The highest BCUT2D eigenvalue weighted by Gasteiger charge is 2.16. The van der Waals surface area contributed by atoms with Gasteiger partial charge in [-0.2, -0.15) is 5.10 Å². The van der Waals surface area contributed by atoms with E-state index >= 15 is 0 Å². The summed E-state index contributed by atoms with van der Waals surface area (Å²) in [5.41, 5.74) is 2.42. The second kappa shape index (κ2) is 6.84. The highest BCUT2D eigenvalue weighted by molar-refractivity contribution is 7.17. The number of hydrogen-bond acceptors (Lipinski definition) is 5. The molecular formula is C17H17N3O3S. The van der Waals surface area contributed by atoms with E-state index in [1.165, 1.54) is 5.56 Å². The second-order valence-electron chi connectivity index (χ2n) is 5.30. The third-order valence-corrected chi connectivity index (χ3v) is 4.81. The van der Waals surface area contributed by atoms with Crippen molar-refractivity contribution < 1.29 is 14.6 Å². The summed E-state index contributed by atoms with van der Waals surface area (Å²) >= 11 is 1.15. The van der Waals surface area contributed by atoms with Gasteiger partial charge < -0.3 is 9.84 Å². The summed E-state index contributed by atoms with van der Waals surface area (Å²) in [6, 6.07) is 9.81. The standard InChI is InChI=1S/C17H17N3O3S/c1-11-15(17(21)22)24-16(18-11)14-8-10-20(19-14)9-7-12-3-5-13(23-2)6-4-12/h3-6,8,10H,7,9H2,1-2H3,(H,21,22). The molecule has 0 fully saturated rings. The van der Waals surface area contributed by atoms with E-state index in [0.29, 0.717) is 16.4 Å². The Labute approximate surface area is 143 Å². The Balaban J connectivity index is 1.69. The SMILES string of the molecule is COc1ccc(CCn2ccc(-c3nc(C)c(C(=O)O)s3)n2)cc1. The maximum atomic E-state index is 11.1. The molecule has 24 heavy (non-hydrogen) atoms. The number of benzene rings is 1. The smallest absolute Gasteiger partial charge is 0.347 e. The number of aromatic carboxylic acids is 1. The number of ether oxygens (including phenoxy) is 1. The number of carboxylic acid groups (broad SMARTS) is 1. The Bertz CT molecular complexity index is 852. The Kier molecular flexibility index (Phi) is 4.61. The number of nitrogens with zero attached hydrogens (tertiary/aromatic N) is 3. The summed E-state index contributed by atoms with van der Waals surface area (Å²) in [5.74, 6) is -0.108. The van der Waals surface area contributed by atoms with Gasteiger partial charge in [0, 0.05) is 12.7 Å². The van der Waals surface area contributed by atoms with Gasteiger partial charge in [0.05, 0.1) is 12.8 Å². The fourth-order valence-electron chi connectivity index (χ4n) is 2.34. The number of rotatable bonds is 6. The molecule has 0 aliphatic heterocycles. The normalized spacial score (nSPS) is 10.8. The van der Waals surface area contributed by atoms with E-state index < -0.39 is 5.97 Å². The molecule has 2 aromatic heterocycles. The van der Waals surface area contributed by atoms with E-state index in [2.05, 4.69) is 10.1 Å². The van der Waals surface area contributed by atoms with Crippen LogP contribution in [-0.4, -0.2) is 33.0 Å². The first-order valence-electron chi connectivity index (χ1n) is 7.44. The molecule has 6 nitrogen and oxygen atoms in total. The van der Waals surface area contributed by atoms with Crippen molar-refractivity contribution in [3.05, 3.63) is 52.7 Å². The van der Waals surface area contributed by atoms with Crippen LogP contribution in [0.4, 0.5) is 0 Å². The molecule has 0 amide bonds. The number of aromatic nitrogens is 3. The lowest BCUT2D eigenvalue weighted by molar-refractivity contribution is 0.0701. The third-order valence-electron chi connectivity index (χ3n) is 3.64. The van der Waals surface area contributed by atoms with Gasteiger partial charge in [0.1, 0.15) is 21.3 Å². The van der Waals surface area contributed by atoms with E-state index in [-0.39, 0.29) is 4.88 Å². The molecule has 1 aromatic carbocycles. The van der Waals surface area contributed by atoms with Crippen molar-refractivity contribution in [2.75, 3.05) is 7.11 Å². The quantitative estimate of drug-likeness (QED) is 0.743. The Morgan fingerprint density at radius 1 is 1.29 bits per heavy atom. The number of carbonyl (C=O) groups is 1. The first-order chi connectivity index (χ1) is 11.6. The Morgan fingerprint density at radius 2 is 2.04 bits per heavy atom. The van der Waals surface area contributed by atoms with Gasteiger partial charge in [0.15, 0.2) is 0 Å². The molecule has 3 rings (SSSR count). The predicted molar refractivity (Wildman–Crippen MR) is 91.7 cm³/mol. The van der Waals surface area contributed by atoms with Crippen molar-refractivity contribution in [1.82, 2.24) is 14.8 Å². The van der Waals surface area contributed by atoms with Gasteiger partial charge in [-0.05, 0) is 37.1 Å². The number of carboxylic acids is 1. The predicted octanol–water partition coefficient (Wildman–Crippen LogP) is 3.26. The lowest BCUT2D eigenvalue weighted by atomic mass is 10.1. The van der Waals surface area contributed by atoms with Crippen LogP contribution >= 0.6 is 11.3 Å². The van der Waals surface area contributed by atoms with Crippen LogP contribution in [0.5, 0.6) is 5.75 Å². The van der Waals surface area contributed by atoms with Gasteiger partial charge in [-0.15, -0.1) is 11.3 Å². The van der Waals surface area contributed by atoms with Gasteiger partial charge >= 0.3 is 5.97 Å². The minimum Gasteiger partial charge on any atom is -0.497 e. The van der Waals surface area contributed by atoms with Crippen molar-refractivity contribution in [3.8, 4) is 16.5 Å². The van der Waals surface area contributed by atoms with Crippen LogP contribution < -0.4 is 4.74 Å². The number of methoxy groups -OCH3 is 1. The molecule has 0 saturated carbocycles. The molecule has 1 N–H and O–H groups in total. The van der Waals surface area contributed by atoms with Crippen molar-refractivity contribution in [3.63, 3.8) is 0 Å². The average Bonchev–Trinajstić information content (AvgIpc) is 3.20. The summed E-state index contributed by atoms with van der Waals surface area (Å²) in [7, 11) is 1.65. The van der Waals surface area contributed by atoms with Gasteiger partial charge in [-0.1, -0.05) is 12.1 Å². The van der Waals surface area contributed by atoms with Gasteiger partial charge in [-0.3, -0.25) is 4.68 Å². The number of aryl methyl sites for hydroxylation is 3. The van der Waals surface area contributed by atoms with Crippen LogP contribution in [0, 0.1) is 6.92 Å². The fourth-order valence-corrected chi connectivity index (χ4v) is 3.21. The van der Waals surface area contributed by atoms with Crippen molar-refractivity contribution in [2.45, 2.75) is 19.9 Å². The molecule has 0 radical (unpaired) electrons. The average molecular weight is 343 g/mol.